The number of carbonyl (C=O) groups excluding carboxylic acids is 1. The molecule has 104 valence electrons. The van der Waals surface area contributed by atoms with Gasteiger partial charge < -0.3 is 4.74 Å². The minimum Gasteiger partial charge on any atom is -0.372 e. The van der Waals surface area contributed by atoms with Crippen molar-refractivity contribution in [3.05, 3.63) is 35.4 Å². The van der Waals surface area contributed by atoms with Gasteiger partial charge >= 0.3 is 6.18 Å². The molecule has 1 aliphatic carbocycles. The SMILES string of the molecule is O=C1c2ccccc2CC1CCCOCC(F)(F)F. The van der Waals surface area contributed by atoms with Crippen LogP contribution in [0.5, 0.6) is 0 Å². The van der Waals surface area contributed by atoms with Crippen LogP contribution in [0.4, 0.5) is 13.2 Å². The number of ketones is 1. The predicted octanol–water partition coefficient (Wildman–Crippen LogP) is 3.40. The summed E-state index contributed by atoms with van der Waals surface area (Å²) in [6, 6.07) is 7.44. The average Bonchev–Trinajstić information content (AvgIpc) is 2.65. The molecule has 1 aliphatic rings. The van der Waals surface area contributed by atoms with Crippen LogP contribution in [0.25, 0.3) is 0 Å². The number of ether oxygens (including phenoxy) is 1. The number of hydrogen-bond donors (Lipinski definition) is 0. The van der Waals surface area contributed by atoms with Crippen molar-refractivity contribution in [1.82, 2.24) is 0 Å². The lowest BCUT2D eigenvalue weighted by molar-refractivity contribution is -0.174. The van der Waals surface area contributed by atoms with Gasteiger partial charge in [0.2, 0.25) is 0 Å². The number of Topliss-reactive ketones (excluding diaryl/α,β-unsaturated/α-hetero) is 1. The van der Waals surface area contributed by atoms with Crippen molar-refractivity contribution in [2.45, 2.75) is 25.4 Å². The van der Waals surface area contributed by atoms with Gasteiger partial charge in [-0.3, -0.25) is 4.79 Å². The molecule has 1 aromatic rings. The summed E-state index contributed by atoms with van der Waals surface area (Å²) < 4.78 is 40.1. The van der Waals surface area contributed by atoms with E-state index in [1.165, 1.54) is 0 Å². The van der Waals surface area contributed by atoms with Crippen molar-refractivity contribution in [3.63, 3.8) is 0 Å². The summed E-state index contributed by atoms with van der Waals surface area (Å²) in [6.07, 6.45) is -2.54. The molecule has 0 fully saturated rings. The van der Waals surface area contributed by atoms with Crippen molar-refractivity contribution in [1.29, 1.82) is 0 Å². The van der Waals surface area contributed by atoms with Gasteiger partial charge in [0.25, 0.3) is 0 Å². The Kier molecular flexibility index (Phi) is 4.24. The summed E-state index contributed by atoms with van der Waals surface area (Å²) in [7, 11) is 0. The average molecular weight is 272 g/mol. The zero-order chi connectivity index (χ0) is 13.9. The topological polar surface area (TPSA) is 26.3 Å². The molecule has 0 bridgehead atoms. The normalized spacial score (nSPS) is 18.7. The number of benzene rings is 1. The molecule has 0 aromatic heterocycles. The van der Waals surface area contributed by atoms with Crippen molar-refractivity contribution in [2.24, 2.45) is 5.92 Å². The Morgan fingerprint density at radius 3 is 2.68 bits per heavy atom. The summed E-state index contributed by atoms with van der Waals surface area (Å²) in [5.41, 5.74) is 1.79. The highest BCUT2D eigenvalue weighted by atomic mass is 19.4. The molecule has 1 unspecified atom stereocenters. The van der Waals surface area contributed by atoms with Crippen LogP contribution in [-0.2, 0) is 11.2 Å². The van der Waals surface area contributed by atoms with Crippen LogP contribution in [0.1, 0.15) is 28.8 Å². The fourth-order valence-electron chi connectivity index (χ4n) is 2.37. The quantitative estimate of drug-likeness (QED) is 0.768. The molecule has 5 heteroatoms. The zero-order valence-corrected chi connectivity index (χ0v) is 10.4. The third-order valence-corrected chi connectivity index (χ3v) is 3.23. The van der Waals surface area contributed by atoms with E-state index < -0.39 is 12.8 Å². The van der Waals surface area contributed by atoms with Gasteiger partial charge in [0, 0.05) is 18.1 Å². The van der Waals surface area contributed by atoms with Gasteiger partial charge in [-0.15, -0.1) is 0 Å². The number of rotatable bonds is 5. The first-order valence-electron chi connectivity index (χ1n) is 6.24. The highest BCUT2D eigenvalue weighted by Gasteiger charge is 2.30. The maximum atomic E-state index is 12.0. The van der Waals surface area contributed by atoms with Crippen molar-refractivity contribution in [3.8, 4) is 0 Å². The summed E-state index contributed by atoms with van der Waals surface area (Å²) in [6.45, 7) is -1.18. The fourth-order valence-corrected chi connectivity index (χ4v) is 2.37. The van der Waals surface area contributed by atoms with E-state index in [0.717, 1.165) is 11.1 Å². The van der Waals surface area contributed by atoms with Crippen molar-refractivity contribution >= 4 is 5.78 Å². The molecule has 0 saturated heterocycles. The van der Waals surface area contributed by atoms with Gasteiger partial charge in [0.1, 0.15) is 6.61 Å². The highest BCUT2D eigenvalue weighted by molar-refractivity contribution is 6.02. The molecule has 2 nitrogen and oxygen atoms in total. The lowest BCUT2D eigenvalue weighted by atomic mass is 9.99. The second-order valence-corrected chi connectivity index (χ2v) is 4.73. The number of halogens is 3. The first-order valence-corrected chi connectivity index (χ1v) is 6.24. The molecule has 0 aliphatic heterocycles. The number of fused-ring (bicyclic) bond motifs is 1. The largest absolute Gasteiger partial charge is 0.411 e. The van der Waals surface area contributed by atoms with Crippen molar-refractivity contribution in [2.75, 3.05) is 13.2 Å². The van der Waals surface area contributed by atoms with E-state index in [9.17, 15) is 18.0 Å². The Hall–Kier alpha value is -1.36. The summed E-state index contributed by atoms with van der Waals surface area (Å²) in [4.78, 5) is 12.0. The molecular weight excluding hydrogens is 257 g/mol. The first kappa shape index (κ1) is 14.1. The van der Waals surface area contributed by atoms with Crippen LogP contribution in [-0.4, -0.2) is 25.2 Å². The maximum absolute atomic E-state index is 12.0. The Bertz CT molecular complexity index is 454. The fraction of sp³-hybridized carbons (Fsp3) is 0.500. The van der Waals surface area contributed by atoms with Gasteiger partial charge in [-0.2, -0.15) is 13.2 Å². The second-order valence-electron chi connectivity index (χ2n) is 4.73. The summed E-state index contributed by atoms with van der Waals surface area (Å²) >= 11 is 0. The molecule has 0 spiro atoms. The molecule has 0 radical (unpaired) electrons. The van der Waals surface area contributed by atoms with E-state index in [4.69, 9.17) is 0 Å². The van der Waals surface area contributed by atoms with E-state index in [1.807, 2.05) is 18.2 Å². The van der Waals surface area contributed by atoms with Crippen LogP contribution >= 0.6 is 0 Å². The minimum absolute atomic E-state index is 0.0413. The number of carbonyl (C=O) groups is 1. The molecule has 0 amide bonds. The van der Waals surface area contributed by atoms with Crippen molar-refractivity contribution < 1.29 is 22.7 Å². The Morgan fingerprint density at radius 2 is 2.00 bits per heavy atom. The van der Waals surface area contributed by atoms with Gasteiger partial charge in [0.15, 0.2) is 5.78 Å². The summed E-state index contributed by atoms with van der Waals surface area (Å²) in [5, 5.41) is 0. The second kappa shape index (κ2) is 5.74. The molecule has 0 N–H and O–H groups in total. The van der Waals surface area contributed by atoms with Crippen LogP contribution in [0.15, 0.2) is 24.3 Å². The molecular formula is C14H15F3O2. The third kappa shape index (κ3) is 3.80. The number of alkyl halides is 3. The Morgan fingerprint density at radius 1 is 1.26 bits per heavy atom. The van der Waals surface area contributed by atoms with Gasteiger partial charge in [0.05, 0.1) is 0 Å². The molecule has 19 heavy (non-hydrogen) atoms. The molecule has 1 aromatic carbocycles. The molecule has 0 saturated carbocycles. The van der Waals surface area contributed by atoms with Gasteiger partial charge in [-0.25, -0.2) is 0 Å². The molecule has 1 atom stereocenters. The minimum atomic E-state index is -4.28. The Balaban J connectivity index is 1.73. The number of hydrogen-bond acceptors (Lipinski definition) is 2. The molecule has 2 rings (SSSR count). The van der Waals surface area contributed by atoms with Gasteiger partial charge in [-0.1, -0.05) is 24.3 Å². The summed E-state index contributed by atoms with van der Waals surface area (Å²) in [5.74, 6) is -0.00157. The van der Waals surface area contributed by atoms with Crippen LogP contribution in [0, 0.1) is 5.92 Å². The third-order valence-electron chi connectivity index (χ3n) is 3.23. The van der Waals surface area contributed by atoms with E-state index in [1.54, 1.807) is 6.07 Å². The van der Waals surface area contributed by atoms with Gasteiger partial charge in [-0.05, 0) is 24.8 Å². The monoisotopic (exact) mass is 272 g/mol. The van der Waals surface area contributed by atoms with E-state index >= 15 is 0 Å². The van der Waals surface area contributed by atoms with E-state index in [0.29, 0.717) is 19.3 Å². The maximum Gasteiger partial charge on any atom is 0.411 e. The smallest absolute Gasteiger partial charge is 0.372 e. The highest BCUT2D eigenvalue weighted by Crippen LogP contribution is 2.29. The first-order chi connectivity index (χ1) is 8.97. The van der Waals surface area contributed by atoms with Crippen LogP contribution in [0.2, 0.25) is 0 Å². The van der Waals surface area contributed by atoms with Crippen LogP contribution in [0.3, 0.4) is 0 Å². The van der Waals surface area contributed by atoms with Crippen LogP contribution < -0.4 is 0 Å². The lowest BCUT2D eigenvalue weighted by Gasteiger charge is -2.09. The lowest BCUT2D eigenvalue weighted by Crippen LogP contribution is -2.18. The standard InChI is InChI=1S/C14H15F3O2/c15-14(16,17)9-19-7-3-5-11-8-10-4-1-2-6-12(10)13(11)18/h1-2,4,6,11H,3,5,7-9H2. The molecule has 0 heterocycles. The van der Waals surface area contributed by atoms with E-state index in [-0.39, 0.29) is 18.3 Å². The Labute approximate surface area is 109 Å². The predicted molar refractivity (Wildman–Crippen MR) is 64.1 cm³/mol. The zero-order valence-electron chi connectivity index (χ0n) is 10.4. The van der Waals surface area contributed by atoms with E-state index in [2.05, 4.69) is 4.74 Å².